The van der Waals surface area contributed by atoms with E-state index in [1.54, 1.807) is 0 Å². The average molecular weight is 417 g/mol. The Hall–Kier alpha value is -3.07. The number of aryl methyl sites for hydroxylation is 2. The molecule has 2 aromatic carbocycles. The van der Waals surface area contributed by atoms with E-state index < -0.39 is 21.4 Å². The number of amides is 1. The molecule has 1 heterocycles. The van der Waals surface area contributed by atoms with Crippen LogP contribution < -0.4 is 5.32 Å². The third kappa shape index (κ3) is 5.71. The van der Waals surface area contributed by atoms with Crippen LogP contribution in [0.2, 0.25) is 0 Å². The van der Waals surface area contributed by atoms with E-state index in [0.29, 0.717) is 5.69 Å². The van der Waals surface area contributed by atoms with Crippen molar-refractivity contribution in [2.45, 2.75) is 36.8 Å². The molecule has 0 aliphatic carbocycles. The summed E-state index contributed by atoms with van der Waals surface area (Å²) in [6.07, 6.45) is 1.17. The van der Waals surface area contributed by atoms with Crippen molar-refractivity contribution in [2.75, 3.05) is 5.32 Å². The zero-order valence-corrected chi connectivity index (χ0v) is 16.6. The summed E-state index contributed by atoms with van der Waals surface area (Å²) >= 11 is 0. The Balaban J connectivity index is 1.56. The highest BCUT2D eigenvalue weighted by molar-refractivity contribution is 7.90. The summed E-state index contributed by atoms with van der Waals surface area (Å²) in [5.41, 5.74) is 1.83. The maximum absolute atomic E-state index is 13.0. The molecule has 0 bridgehead atoms. The lowest BCUT2D eigenvalue weighted by atomic mass is 10.1. The lowest BCUT2D eigenvalue weighted by molar-refractivity contribution is -0.116. The second kappa shape index (κ2) is 8.95. The Morgan fingerprint density at radius 3 is 2.66 bits per heavy atom. The van der Waals surface area contributed by atoms with E-state index in [1.165, 1.54) is 12.1 Å². The van der Waals surface area contributed by atoms with Gasteiger partial charge < -0.3 is 9.84 Å². The summed E-state index contributed by atoms with van der Waals surface area (Å²) in [6.45, 7) is 2.03. The van der Waals surface area contributed by atoms with E-state index >= 15 is 0 Å². The number of sulfone groups is 1. The molecule has 7 nitrogen and oxygen atoms in total. The second-order valence-corrected chi connectivity index (χ2v) is 8.41. The molecule has 0 aliphatic heterocycles. The van der Waals surface area contributed by atoms with E-state index in [2.05, 4.69) is 15.5 Å². The normalized spacial score (nSPS) is 11.4. The van der Waals surface area contributed by atoms with Crippen LogP contribution in [-0.2, 0) is 33.2 Å². The summed E-state index contributed by atoms with van der Waals surface area (Å²) in [6, 6.07) is 12.1. The fourth-order valence-electron chi connectivity index (χ4n) is 2.66. The third-order valence-electron chi connectivity index (χ3n) is 4.19. The molecule has 0 spiro atoms. The van der Waals surface area contributed by atoms with Crippen LogP contribution in [0.15, 0.2) is 57.9 Å². The van der Waals surface area contributed by atoms with E-state index in [-0.39, 0.29) is 35.4 Å². The molecule has 1 amide bonds. The lowest BCUT2D eigenvalue weighted by Gasteiger charge is -2.05. The van der Waals surface area contributed by atoms with Gasteiger partial charge in [0, 0.05) is 18.5 Å². The van der Waals surface area contributed by atoms with Crippen LogP contribution in [-0.4, -0.2) is 24.5 Å². The highest BCUT2D eigenvalue weighted by Gasteiger charge is 2.19. The summed E-state index contributed by atoms with van der Waals surface area (Å²) in [5.74, 6) is -1.05. The van der Waals surface area contributed by atoms with Gasteiger partial charge in [0.25, 0.3) is 0 Å². The zero-order valence-electron chi connectivity index (χ0n) is 15.8. The number of carbonyl (C=O) groups is 1. The average Bonchev–Trinajstić information content (AvgIpc) is 3.13. The van der Waals surface area contributed by atoms with Gasteiger partial charge in [0.2, 0.25) is 11.8 Å². The fourth-order valence-corrected chi connectivity index (χ4v) is 3.83. The molecule has 0 fully saturated rings. The molecule has 152 valence electrons. The minimum Gasteiger partial charge on any atom is -0.339 e. The first-order valence-corrected chi connectivity index (χ1v) is 10.7. The molecule has 0 unspecified atom stereocenters. The number of halogens is 1. The van der Waals surface area contributed by atoms with Crippen molar-refractivity contribution in [3.8, 4) is 0 Å². The number of hydrogen-bond acceptors (Lipinski definition) is 6. The zero-order chi connectivity index (χ0) is 20.9. The van der Waals surface area contributed by atoms with Crippen LogP contribution >= 0.6 is 0 Å². The minimum atomic E-state index is -3.73. The molecule has 0 atom stereocenters. The predicted octanol–water partition coefficient (Wildman–Crippen LogP) is 3.32. The van der Waals surface area contributed by atoms with Crippen LogP contribution in [0.4, 0.5) is 10.1 Å². The van der Waals surface area contributed by atoms with Crippen LogP contribution in [0.25, 0.3) is 0 Å². The number of rotatable bonds is 8. The van der Waals surface area contributed by atoms with Crippen molar-refractivity contribution in [1.82, 2.24) is 10.1 Å². The first-order chi connectivity index (χ1) is 13.9. The van der Waals surface area contributed by atoms with Crippen LogP contribution in [0, 0.1) is 5.82 Å². The topological polar surface area (TPSA) is 102 Å². The predicted molar refractivity (Wildman–Crippen MR) is 104 cm³/mol. The Bertz CT molecular complexity index is 1090. The number of hydrogen-bond donors (Lipinski definition) is 1. The van der Waals surface area contributed by atoms with E-state index in [1.807, 2.05) is 31.2 Å². The van der Waals surface area contributed by atoms with Crippen molar-refractivity contribution in [2.24, 2.45) is 0 Å². The van der Waals surface area contributed by atoms with Gasteiger partial charge in [0.05, 0.1) is 4.90 Å². The Morgan fingerprint density at radius 1 is 1.17 bits per heavy atom. The van der Waals surface area contributed by atoms with Crippen molar-refractivity contribution >= 4 is 21.4 Å². The van der Waals surface area contributed by atoms with Gasteiger partial charge in [0.1, 0.15) is 11.6 Å². The first-order valence-electron chi connectivity index (χ1n) is 9.04. The van der Waals surface area contributed by atoms with Crippen molar-refractivity contribution in [3.63, 3.8) is 0 Å². The fraction of sp³-hybridized carbons (Fsp3) is 0.250. The Morgan fingerprint density at radius 2 is 1.93 bits per heavy atom. The molecule has 3 rings (SSSR count). The smallest absolute Gasteiger partial charge is 0.227 e. The highest BCUT2D eigenvalue weighted by Crippen LogP contribution is 2.16. The molecular formula is C20H20FN3O4S. The third-order valence-corrected chi connectivity index (χ3v) is 5.82. The molecule has 29 heavy (non-hydrogen) atoms. The quantitative estimate of drug-likeness (QED) is 0.564. The van der Waals surface area contributed by atoms with Crippen LogP contribution in [0.1, 0.15) is 30.6 Å². The van der Waals surface area contributed by atoms with Gasteiger partial charge in [-0.25, -0.2) is 12.8 Å². The van der Waals surface area contributed by atoms with Gasteiger partial charge in [-0.2, -0.15) is 4.98 Å². The van der Waals surface area contributed by atoms with Gasteiger partial charge in [-0.05, 0) is 48.4 Å². The van der Waals surface area contributed by atoms with E-state index in [9.17, 15) is 17.6 Å². The summed E-state index contributed by atoms with van der Waals surface area (Å²) in [4.78, 5) is 16.1. The van der Waals surface area contributed by atoms with Crippen LogP contribution in [0.5, 0.6) is 0 Å². The summed E-state index contributed by atoms with van der Waals surface area (Å²) in [7, 11) is -3.73. The van der Waals surface area contributed by atoms with E-state index in [4.69, 9.17) is 4.52 Å². The molecular weight excluding hydrogens is 397 g/mol. The number of benzene rings is 2. The molecule has 9 heteroatoms. The minimum absolute atomic E-state index is 0.0135. The number of nitrogens with zero attached hydrogens (tertiary/aromatic N) is 2. The SMILES string of the molecule is CCc1cccc(NC(=O)CCc2nc(CS(=O)(=O)c3ccc(F)cc3)no2)c1. The van der Waals surface area contributed by atoms with Crippen molar-refractivity contribution in [3.05, 3.63) is 71.6 Å². The Kier molecular flexibility index (Phi) is 6.38. The second-order valence-electron chi connectivity index (χ2n) is 6.42. The molecule has 0 aliphatic rings. The van der Waals surface area contributed by atoms with Gasteiger partial charge >= 0.3 is 0 Å². The monoisotopic (exact) mass is 417 g/mol. The number of anilines is 1. The van der Waals surface area contributed by atoms with Gasteiger partial charge in [-0.15, -0.1) is 0 Å². The van der Waals surface area contributed by atoms with Gasteiger partial charge in [0.15, 0.2) is 15.7 Å². The largest absolute Gasteiger partial charge is 0.339 e. The maximum Gasteiger partial charge on any atom is 0.227 e. The molecule has 0 radical (unpaired) electrons. The molecule has 1 aromatic heterocycles. The maximum atomic E-state index is 13.0. The molecule has 1 N–H and O–H groups in total. The first kappa shape index (κ1) is 20.7. The summed E-state index contributed by atoms with van der Waals surface area (Å²) in [5, 5.41) is 6.46. The molecule has 0 saturated heterocycles. The molecule has 0 saturated carbocycles. The van der Waals surface area contributed by atoms with E-state index in [0.717, 1.165) is 24.1 Å². The molecule has 3 aromatic rings. The Labute approximate surface area is 167 Å². The summed E-state index contributed by atoms with van der Waals surface area (Å²) < 4.78 is 42.7. The number of aromatic nitrogens is 2. The number of carbonyl (C=O) groups excluding carboxylic acids is 1. The standard InChI is InChI=1S/C20H20FN3O4S/c1-2-14-4-3-5-16(12-14)22-19(25)10-11-20-23-18(24-28-20)13-29(26,27)17-8-6-15(21)7-9-17/h3-9,12H,2,10-11,13H2,1H3,(H,22,25). The lowest BCUT2D eigenvalue weighted by Crippen LogP contribution is -2.12. The number of nitrogens with one attached hydrogen (secondary N) is 1. The van der Waals surface area contributed by atoms with Crippen LogP contribution in [0.3, 0.4) is 0 Å². The van der Waals surface area contributed by atoms with Gasteiger partial charge in [-0.1, -0.05) is 24.2 Å². The van der Waals surface area contributed by atoms with Gasteiger partial charge in [-0.3, -0.25) is 4.79 Å². The highest BCUT2D eigenvalue weighted by atomic mass is 32.2. The van der Waals surface area contributed by atoms with Crippen molar-refractivity contribution < 1.29 is 22.1 Å². The van der Waals surface area contributed by atoms with Crippen molar-refractivity contribution in [1.29, 1.82) is 0 Å².